The number of nitrogens with one attached hydrogen (secondary N) is 1. The number of rotatable bonds is 5. The van der Waals surface area contributed by atoms with E-state index in [1.54, 1.807) is 12.1 Å². The lowest BCUT2D eigenvalue weighted by molar-refractivity contribution is -0.136. The molecule has 0 aromatic heterocycles. The molecule has 0 radical (unpaired) electrons. The molecule has 0 saturated carbocycles. The van der Waals surface area contributed by atoms with Crippen molar-refractivity contribution in [2.75, 3.05) is 6.61 Å². The van der Waals surface area contributed by atoms with Crippen LogP contribution in [0.2, 0.25) is 0 Å². The molecule has 1 heterocycles. The lowest BCUT2D eigenvalue weighted by Crippen LogP contribution is -2.31. The number of amides is 1. The maximum Gasteiger partial charge on any atom is 0.307 e. The smallest absolute Gasteiger partial charge is 0.307 e. The van der Waals surface area contributed by atoms with Crippen molar-refractivity contribution in [2.45, 2.75) is 32.4 Å². The maximum absolute atomic E-state index is 12.0. The molecule has 2 atom stereocenters. The van der Waals surface area contributed by atoms with Crippen molar-refractivity contribution in [3.05, 3.63) is 35.4 Å². The van der Waals surface area contributed by atoms with Crippen molar-refractivity contribution in [1.82, 2.24) is 5.32 Å². The quantitative estimate of drug-likeness (QED) is 0.852. The summed E-state index contributed by atoms with van der Waals surface area (Å²) in [5.41, 5.74) is 1.58. The van der Waals surface area contributed by atoms with Crippen LogP contribution in [-0.2, 0) is 27.3 Å². The summed E-state index contributed by atoms with van der Waals surface area (Å²) >= 11 is 0. The van der Waals surface area contributed by atoms with Gasteiger partial charge in [0.2, 0.25) is 5.91 Å². The zero-order chi connectivity index (χ0) is 14.5. The number of carboxylic acid groups (broad SMARTS) is 1. The normalized spacial score (nSPS) is 21.6. The minimum absolute atomic E-state index is 0.0283. The summed E-state index contributed by atoms with van der Waals surface area (Å²) in [4.78, 5) is 22.8. The van der Waals surface area contributed by atoms with Gasteiger partial charge in [-0.1, -0.05) is 24.3 Å². The molecule has 20 heavy (non-hydrogen) atoms. The molecule has 108 valence electrons. The summed E-state index contributed by atoms with van der Waals surface area (Å²) in [6.07, 6.45) is 0.836. The van der Waals surface area contributed by atoms with Gasteiger partial charge in [0.05, 0.1) is 25.0 Å². The Bertz CT molecular complexity index is 500. The highest BCUT2D eigenvalue weighted by molar-refractivity contribution is 5.79. The van der Waals surface area contributed by atoms with E-state index in [0.717, 1.165) is 17.5 Å². The molecule has 1 aliphatic rings. The Morgan fingerprint density at radius 1 is 1.35 bits per heavy atom. The van der Waals surface area contributed by atoms with Crippen molar-refractivity contribution >= 4 is 11.9 Å². The zero-order valence-corrected chi connectivity index (χ0v) is 11.5. The average molecular weight is 277 g/mol. The molecule has 0 aliphatic carbocycles. The second kappa shape index (κ2) is 6.52. The second-order valence-electron chi connectivity index (χ2n) is 5.13. The van der Waals surface area contributed by atoms with Crippen LogP contribution >= 0.6 is 0 Å². The van der Waals surface area contributed by atoms with Crippen LogP contribution in [0.5, 0.6) is 0 Å². The number of benzene rings is 1. The largest absolute Gasteiger partial charge is 0.481 e. The van der Waals surface area contributed by atoms with Gasteiger partial charge in [0.15, 0.2) is 0 Å². The summed E-state index contributed by atoms with van der Waals surface area (Å²) in [6.45, 7) is 2.77. The number of hydrogen-bond donors (Lipinski definition) is 2. The van der Waals surface area contributed by atoms with Crippen LogP contribution in [0.15, 0.2) is 24.3 Å². The first-order valence-corrected chi connectivity index (χ1v) is 6.74. The molecule has 1 aliphatic heterocycles. The maximum atomic E-state index is 12.0. The molecule has 0 spiro atoms. The molecule has 0 bridgehead atoms. The molecule has 1 fully saturated rings. The van der Waals surface area contributed by atoms with E-state index in [2.05, 4.69) is 5.32 Å². The Morgan fingerprint density at radius 2 is 2.05 bits per heavy atom. The number of aliphatic carboxylic acids is 1. The van der Waals surface area contributed by atoms with Gasteiger partial charge in [-0.15, -0.1) is 0 Å². The van der Waals surface area contributed by atoms with Crippen LogP contribution in [0, 0.1) is 5.92 Å². The van der Waals surface area contributed by atoms with Crippen LogP contribution in [-0.4, -0.2) is 29.7 Å². The van der Waals surface area contributed by atoms with Gasteiger partial charge in [-0.25, -0.2) is 0 Å². The van der Waals surface area contributed by atoms with Gasteiger partial charge >= 0.3 is 5.97 Å². The molecule has 2 rings (SSSR count). The Kier molecular flexibility index (Phi) is 4.74. The third kappa shape index (κ3) is 3.81. The number of carboxylic acids is 1. The standard InChI is InChI=1S/C15H19NO4/c1-10-6-13(9-20-10)15(19)16-8-12-5-3-2-4-11(12)7-14(17)18/h2-5,10,13H,6-9H2,1H3,(H,16,19)(H,17,18). The fourth-order valence-electron chi connectivity index (χ4n) is 2.39. The van der Waals surface area contributed by atoms with Crippen molar-refractivity contribution in [1.29, 1.82) is 0 Å². The summed E-state index contributed by atoms with van der Waals surface area (Å²) in [5, 5.41) is 11.7. The van der Waals surface area contributed by atoms with Crippen molar-refractivity contribution in [2.24, 2.45) is 5.92 Å². The summed E-state index contributed by atoms with van der Waals surface area (Å²) in [6, 6.07) is 7.26. The highest BCUT2D eigenvalue weighted by Crippen LogP contribution is 2.19. The molecule has 5 heteroatoms. The first-order valence-electron chi connectivity index (χ1n) is 6.74. The van der Waals surface area contributed by atoms with Gasteiger partial charge in [0.25, 0.3) is 0 Å². The fraction of sp³-hybridized carbons (Fsp3) is 0.467. The molecular formula is C15H19NO4. The molecule has 1 aromatic carbocycles. The molecular weight excluding hydrogens is 258 g/mol. The van der Waals surface area contributed by atoms with Gasteiger partial charge < -0.3 is 15.2 Å². The van der Waals surface area contributed by atoms with E-state index in [-0.39, 0.29) is 24.3 Å². The van der Waals surface area contributed by atoms with Crippen LogP contribution in [0.25, 0.3) is 0 Å². The van der Waals surface area contributed by atoms with E-state index in [4.69, 9.17) is 9.84 Å². The van der Waals surface area contributed by atoms with E-state index >= 15 is 0 Å². The Balaban J connectivity index is 1.93. The van der Waals surface area contributed by atoms with E-state index in [1.807, 2.05) is 19.1 Å². The number of carbonyl (C=O) groups is 2. The lowest BCUT2D eigenvalue weighted by atomic mass is 10.0. The topological polar surface area (TPSA) is 75.6 Å². The number of hydrogen-bond acceptors (Lipinski definition) is 3. The van der Waals surface area contributed by atoms with Gasteiger partial charge in [0.1, 0.15) is 0 Å². The van der Waals surface area contributed by atoms with E-state index in [1.165, 1.54) is 0 Å². The van der Waals surface area contributed by atoms with E-state index in [0.29, 0.717) is 13.2 Å². The predicted octanol–water partition coefficient (Wildman–Crippen LogP) is 1.35. The first-order chi connectivity index (χ1) is 9.56. The predicted molar refractivity (Wildman–Crippen MR) is 73.1 cm³/mol. The summed E-state index contributed by atoms with van der Waals surface area (Å²) < 4.78 is 5.38. The third-order valence-corrected chi connectivity index (χ3v) is 3.48. The lowest BCUT2D eigenvalue weighted by Gasteiger charge is -2.12. The minimum atomic E-state index is -0.873. The molecule has 2 N–H and O–H groups in total. The van der Waals surface area contributed by atoms with Crippen molar-refractivity contribution in [3.63, 3.8) is 0 Å². The summed E-state index contributed by atoms with van der Waals surface area (Å²) in [5.74, 6) is -1.00. The second-order valence-corrected chi connectivity index (χ2v) is 5.13. The zero-order valence-electron chi connectivity index (χ0n) is 11.5. The Labute approximate surface area is 117 Å². The summed E-state index contributed by atoms with van der Waals surface area (Å²) in [7, 11) is 0. The SMILES string of the molecule is CC1CC(C(=O)NCc2ccccc2CC(=O)O)CO1. The number of carbonyl (C=O) groups excluding carboxylic acids is 1. The van der Waals surface area contributed by atoms with Crippen LogP contribution in [0.3, 0.4) is 0 Å². The van der Waals surface area contributed by atoms with Gasteiger partial charge in [-0.2, -0.15) is 0 Å². The highest BCUT2D eigenvalue weighted by Gasteiger charge is 2.27. The van der Waals surface area contributed by atoms with Crippen molar-refractivity contribution in [3.8, 4) is 0 Å². The molecule has 2 unspecified atom stereocenters. The van der Waals surface area contributed by atoms with Gasteiger partial charge in [0, 0.05) is 6.54 Å². The monoisotopic (exact) mass is 277 g/mol. The minimum Gasteiger partial charge on any atom is -0.481 e. The molecule has 1 saturated heterocycles. The van der Waals surface area contributed by atoms with Crippen molar-refractivity contribution < 1.29 is 19.4 Å². The van der Waals surface area contributed by atoms with E-state index < -0.39 is 5.97 Å². The van der Waals surface area contributed by atoms with Crippen LogP contribution < -0.4 is 5.32 Å². The Hall–Kier alpha value is -1.88. The first kappa shape index (κ1) is 14.5. The Morgan fingerprint density at radius 3 is 2.65 bits per heavy atom. The van der Waals surface area contributed by atoms with E-state index in [9.17, 15) is 9.59 Å². The van der Waals surface area contributed by atoms with Gasteiger partial charge in [-0.05, 0) is 24.5 Å². The highest BCUT2D eigenvalue weighted by atomic mass is 16.5. The molecule has 1 aromatic rings. The fourth-order valence-corrected chi connectivity index (χ4v) is 2.39. The van der Waals surface area contributed by atoms with Gasteiger partial charge in [-0.3, -0.25) is 9.59 Å². The molecule has 1 amide bonds. The van der Waals surface area contributed by atoms with Crippen LogP contribution in [0.1, 0.15) is 24.5 Å². The molecule has 5 nitrogen and oxygen atoms in total. The average Bonchev–Trinajstić information content (AvgIpc) is 2.83. The third-order valence-electron chi connectivity index (χ3n) is 3.48. The number of ether oxygens (including phenoxy) is 1. The van der Waals surface area contributed by atoms with Crippen LogP contribution in [0.4, 0.5) is 0 Å².